The van der Waals surface area contributed by atoms with Gasteiger partial charge < -0.3 is 89.3 Å². The number of fused-ring (bicyclic) bond motifs is 7. The number of aliphatic hydroxyl groups is 11. The zero-order chi connectivity index (χ0) is 50.6. The molecule has 0 aromatic rings. The number of allylic oxidation sites excluding steroid dienone is 2. The van der Waals surface area contributed by atoms with Gasteiger partial charge in [-0.3, -0.25) is 9.59 Å². The van der Waals surface area contributed by atoms with Gasteiger partial charge in [0, 0.05) is 0 Å². The monoisotopic (exact) mass is 987 g/mol. The van der Waals surface area contributed by atoms with E-state index < -0.39 is 152 Å². The Morgan fingerprint density at radius 2 is 1.16 bits per heavy atom. The predicted molar refractivity (Wildman–Crippen MR) is 237 cm³/mol. The van der Waals surface area contributed by atoms with Crippen LogP contribution >= 0.6 is 0 Å². The largest absolute Gasteiger partial charge is 0.469 e. The van der Waals surface area contributed by atoms with E-state index in [0.717, 1.165) is 24.8 Å². The zero-order valence-electron chi connectivity index (χ0n) is 40.8. The van der Waals surface area contributed by atoms with Gasteiger partial charge in [-0.25, -0.2) is 0 Å². The zero-order valence-corrected chi connectivity index (χ0v) is 40.8. The Kier molecular flexibility index (Phi) is 14.7. The Bertz CT molecular complexity index is 1910. The maximum atomic E-state index is 14.8. The molecule has 24 atom stereocenters. The van der Waals surface area contributed by atoms with E-state index in [2.05, 4.69) is 40.7 Å². The number of hydrogen-bond donors (Lipinski definition) is 11. The van der Waals surface area contributed by atoms with Crippen LogP contribution in [0.5, 0.6) is 0 Å². The summed E-state index contributed by atoms with van der Waals surface area (Å²) >= 11 is 0. The van der Waals surface area contributed by atoms with Gasteiger partial charge >= 0.3 is 11.9 Å². The van der Waals surface area contributed by atoms with E-state index in [0.29, 0.717) is 44.9 Å². The smallest absolute Gasteiger partial charge is 0.315 e. The number of hydrogen-bond acceptors (Lipinski definition) is 20. The van der Waals surface area contributed by atoms with Crippen molar-refractivity contribution in [3.8, 4) is 0 Å². The summed E-state index contributed by atoms with van der Waals surface area (Å²) in [6.45, 7) is 11.1. The van der Waals surface area contributed by atoms with Gasteiger partial charge in [-0.2, -0.15) is 0 Å². The molecule has 69 heavy (non-hydrogen) atoms. The molecule has 0 aromatic heterocycles. The quantitative estimate of drug-likeness (QED) is 0.0732. The summed E-state index contributed by atoms with van der Waals surface area (Å²) in [6.07, 6.45) is -16.3. The molecule has 8 rings (SSSR count). The Balaban J connectivity index is 1.04. The van der Waals surface area contributed by atoms with E-state index in [1.165, 1.54) is 7.11 Å². The number of esters is 2. The van der Waals surface area contributed by atoms with Crippen molar-refractivity contribution < 1.29 is 98.9 Å². The first kappa shape index (κ1) is 53.3. The Labute approximate surface area is 402 Å². The summed E-state index contributed by atoms with van der Waals surface area (Å²) in [4.78, 5) is 28.3. The summed E-state index contributed by atoms with van der Waals surface area (Å²) in [5.74, 6) is -1.18. The Hall–Kier alpha value is -1.96. The molecule has 20 heteroatoms. The van der Waals surface area contributed by atoms with Crippen molar-refractivity contribution in [2.45, 2.75) is 204 Å². The van der Waals surface area contributed by atoms with Gasteiger partial charge in [0.05, 0.1) is 43.9 Å². The number of methoxy groups -OCH3 is 1. The minimum absolute atomic E-state index is 0.106. The molecular formula is C49H78O20. The standard InChI is InChI=1S/C49H78O20/c1-44(2)27-10-13-48(6)28(46(27,4)12-11-29(44)67-41-37(60)38(32(55)26(21-52)66-41)68-39-35(58)33(56)30(53)24(19-50)64-39)9-8-22-23-18-45(3,42(61)63-7)14-16-49(23,17-15-47(22,48)5)43(62)69-40-36(59)34(57)31(54)25(20-51)65-40/h8,23-41,50-60H,9-21H2,1-7H3/t23-,24+,25+,26+,27-,28+,29-,30-,31+,32+,33-,34-,35+,36+,37+,38-,39-,40-,41-,45-,46-,47+,48+,49-/m0/s1. The van der Waals surface area contributed by atoms with E-state index in [1.807, 2.05) is 6.92 Å². The fourth-order valence-corrected chi connectivity index (χ4v) is 15.3. The van der Waals surface area contributed by atoms with Crippen molar-refractivity contribution in [1.29, 1.82) is 0 Å². The topological polar surface area (TPSA) is 321 Å². The van der Waals surface area contributed by atoms with Gasteiger partial charge in [-0.15, -0.1) is 0 Å². The van der Waals surface area contributed by atoms with Crippen molar-refractivity contribution in [2.75, 3.05) is 26.9 Å². The number of rotatable bonds is 10. The molecular weight excluding hydrogens is 909 g/mol. The highest BCUT2D eigenvalue weighted by Crippen LogP contribution is 2.76. The third-order valence-corrected chi connectivity index (χ3v) is 19.8. The normalized spacial score (nSPS) is 52.8. The van der Waals surface area contributed by atoms with Crippen molar-refractivity contribution in [3.63, 3.8) is 0 Å². The molecule has 3 saturated heterocycles. The van der Waals surface area contributed by atoms with Crippen molar-refractivity contribution in [1.82, 2.24) is 0 Å². The average Bonchev–Trinajstić information content (AvgIpc) is 3.31. The Morgan fingerprint density at radius 3 is 1.75 bits per heavy atom. The maximum absolute atomic E-state index is 14.8. The molecule has 7 fully saturated rings. The minimum atomic E-state index is -1.81. The molecule has 0 unspecified atom stereocenters. The molecule has 8 aliphatic rings. The molecule has 0 spiro atoms. The first-order valence-electron chi connectivity index (χ1n) is 24.9. The molecule has 0 amide bonds. The summed E-state index contributed by atoms with van der Waals surface area (Å²) in [6, 6.07) is 0. The molecule has 3 aliphatic heterocycles. The molecule has 0 radical (unpaired) electrons. The van der Waals surface area contributed by atoms with E-state index in [4.69, 9.17) is 33.2 Å². The summed E-state index contributed by atoms with van der Waals surface area (Å²) in [5.41, 5.74) is -2.38. The van der Waals surface area contributed by atoms with Crippen molar-refractivity contribution in [3.05, 3.63) is 11.6 Å². The summed E-state index contributed by atoms with van der Waals surface area (Å²) in [7, 11) is 1.36. The van der Waals surface area contributed by atoms with Crippen LogP contribution in [0, 0.1) is 50.2 Å². The van der Waals surface area contributed by atoms with Crippen LogP contribution in [0.25, 0.3) is 0 Å². The molecule has 0 bridgehead atoms. The van der Waals surface area contributed by atoms with Crippen molar-refractivity contribution in [2.24, 2.45) is 50.2 Å². The number of aliphatic hydroxyl groups excluding tert-OH is 11. The lowest BCUT2D eigenvalue weighted by molar-refractivity contribution is -0.369. The highest BCUT2D eigenvalue weighted by molar-refractivity contribution is 5.81. The van der Waals surface area contributed by atoms with Gasteiger partial charge in [-0.1, -0.05) is 46.3 Å². The van der Waals surface area contributed by atoms with Crippen LogP contribution in [0.1, 0.15) is 106 Å². The van der Waals surface area contributed by atoms with Gasteiger partial charge in [0.2, 0.25) is 6.29 Å². The van der Waals surface area contributed by atoms with Gasteiger partial charge in [0.25, 0.3) is 0 Å². The molecule has 4 saturated carbocycles. The number of carbonyl (C=O) groups is 2. The molecule has 3 heterocycles. The highest BCUT2D eigenvalue weighted by Gasteiger charge is 2.71. The second kappa shape index (κ2) is 19.1. The van der Waals surface area contributed by atoms with Crippen LogP contribution in [-0.4, -0.2) is 193 Å². The van der Waals surface area contributed by atoms with Crippen molar-refractivity contribution >= 4 is 11.9 Å². The average molecular weight is 987 g/mol. The van der Waals surface area contributed by atoms with Gasteiger partial charge in [0.15, 0.2) is 12.6 Å². The third-order valence-electron chi connectivity index (χ3n) is 19.8. The number of ether oxygens (including phenoxy) is 7. The third kappa shape index (κ3) is 8.26. The second-order valence-electron chi connectivity index (χ2n) is 23.4. The fourth-order valence-electron chi connectivity index (χ4n) is 15.3. The molecule has 5 aliphatic carbocycles. The lowest BCUT2D eigenvalue weighted by atomic mass is 9.33. The lowest BCUT2D eigenvalue weighted by Crippen LogP contribution is -2.67. The maximum Gasteiger partial charge on any atom is 0.315 e. The summed E-state index contributed by atoms with van der Waals surface area (Å²) < 4.78 is 41.0. The molecule has 11 N–H and O–H groups in total. The highest BCUT2D eigenvalue weighted by atomic mass is 16.7. The van der Waals surface area contributed by atoms with E-state index in [1.54, 1.807) is 0 Å². The van der Waals surface area contributed by atoms with Crippen LogP contribution in [-0.2, 0) is 42.7 Å². The second-order valence-corrected chi connectivity index (χ2v) is 23.4. The van der Waals surface area contributed by atoms with E-state index in [-0.39, 0.29) is 28.6 Å². The van der Waals surface area contributed by atoms with Crippen LogP contribution in [0.4, 0.5) is 0 Å². The fraction of sp³-hybridized carbons (Fsp3) is 0.918. The Morgan fingerprint density at radius 1 is 0.609 bits per heavy atom. The lowest BCUT2D eigenvalue weighted by Gasteiger charge is -2.71. The minimum Gasteiger partial charge on any atom is -0.469 e. The van der Waals surface area contributed by atoms with Gasteiger partial charge in [0.1, 0.15) is 73.2 Å². The first-order valence-corrected chi connectivity index (χ1v) is 24.9. The van der Waals surface area contributed by atoms with Crippen LogP contribution in [0.15, 0.2) is 11.6 Å². The number of carbonyl (C=O) groups excluding carboxylic acids is 2. The summed E-state index contributed by atoms with van der Waals surface area (Å²) in [5, 5.41) is 116. The molecule has 20 nitrogen and oxygen atoms in total. The SMILES string of the molecule is COC(=O)[C@@]1(C)CC[C@]2(C(=O)O[C@@H]3O[C@H](CO)[C@@H](O)[C@H](O)[C@H]3O)CC[C@]3(C)C(=CC[C@@H]4[C@@]5(C)CC[C@H](O[C@@H]6O[C@H](CO)[C@@H](O)[C@H](O[C@@H]7O[C@H](CO)[C@H](O)[C@H](O)[C@H]7O)[C@H]6O)C(C)(C)[C@@H]5CC[C@]43C)[C@@H]2C1. The molecule has 394 valence electrons. The van der Waals surface area contributed by atoms with Crippen LogP contribution in [0.2, 0.25) is 0 Å². The van der Waals surface area contributed by atoms with Crippen LogP contribution in [0.3, 0.4) is 0 Å². The van der Waals surface area contributed by atoms with Gasteiger partial charge in [-0.05, 0) is 111 Å². The predicted octanol–water partition coefficient (Wildman–Crippen LogP) is -0.706. The van der Waals surface area contributed by atoms with Crippen LogP contribution < -0.4 is 0 Å². The van der Waals surface area contributed by atoms with E-state index >= 15 is 0 Å². The first-order chi connectivity index (χ1) is 32.3. The van der Waals surface area contributed by atoms with E-state index in [9.17, 15) is 65.8 Å². The molecule has 0 aromatic carbocycles.